The molecule has 5 heteroatoms. The molecule has 0 saturated heterocycles. The van der Waals surface area contributed by atoms with Crippen molar-refractivity contribution in [2.75, 3.05) is 11.9 Å². The fourth-order valence-corrected chi connectivity index (χ4v) is 1.68. The standard InChI is InChI=1S/C11H11BrF2O2/c1-2-16-11(15)8-4-3-7(5-6-12)9(13)10(8)14/h3-4H,2,5-6H2,1H3. The van der Waals surface area contributed by atoms with E-state index in [9.17, 15) is 13.6 Å². The Labute approximate surface area is 101 Å². The highest BCUT2D eigenvalue weighted by Gasteiger charge is 2.18. The number of carbonyl (C=O) groups is 1. The van der Waals surface area contributed by atoms with Crippen molar-refractivity contribution >= 4 is 21.9 Å². The molecule has 0 spiro atoms. The van der Waals surface area contributed by atoms with Gasteiger partial charge < -0.3 is 4.74 Å². The van der Waals surface area contributed by atoms with Gasteiger partial charge in [0.25, 0.3) is 0 Å². The normalized spacial score (nSPS) is 10.2. The Balaban J connectivity index is 3.06. The number of alkyl halides is 1. The quantitative estimate of drug-likeness (QED) is 0.630. The van der Waals surface area contributed by atoms with Crippen molar-refractivity contribution in [3.05, 3.63) is 34.9 Å². The first kappa shape index (κ1) is 13.1. The average Bonchev–Trinajstić information content (AvgIpc) is 2.25. The second-order valence-corrected chi connectivity index (χ2v) is 3.85. The number of hydrogen-bond donors (Lipinski definition) is 0. The Bertz CT molecular complexity index is 394. The Morgan fingerprint density at radius 2 is 2.06 bits per heavy atom. The maximum absolute atomic E-state index is 13.5. The lowest BCUT2D eigenvalue weighted by atomic mass is 10.1. The van der Waals surface area contributed by atoms with E-state index in [1.807, 2.05) is 0 Å². The average molecular weight is 293 g/mol. The van der Waals surface area contributed by atoms with Gasteiger partial charge in [0.05, 0.1) is 12.2 Å². The van der Waals surface area contributed by atoms with Gasteiger partial charge in [-0.05, 0) is 25.0 Å². The molecule has 0 aliphatic carbocycles. The number of rotatable bonds is 4. The summed E-state index contributed by atoms with van der Waals surface area (Å²) in [7, 11) is 0. The van der Waals surface area contributed by atoms with Gasteiger partial charge in [0.2, 0.25) is 0 Å². The van der Waals surface area contributed by atoms with Gasteiger partial charge in [-0.25, -0.2) is 13.6 Å². The molecule has 0 amide bonds. The molecule has 0 aliphatic heterocycles. The predicted octanol–water partition coefficient (Wildman–Crippen LogP) is 3.08. The number of esters is 1. The van der Waals surface area contributed by atoms with Crippen molar-refractivity contribution < 1.29 is 18.3 Å². The van der Waals surface area contributed by atoms with Crippen LogP contribution in [0.25, 0.3) is 0 Å². The highest BCUT2D eigenvalue weighted by molar-refractivity contribution is 9.09. The second-order valence-electron chi connectivity index (χ2n) is 3.06. The van der Waals surface area contributed by atoms with Gasteiger partial charge in [-0.2, -0.15) is 0 Å². The first-order chi connectivity index (χ1) is 7.61. The van der Waals surface area contributed by atoms with E-state index in [0.717, 1.165) is 0 Å². The lowest BCUT2D eigenvalue weighted by molar-refractivity contribution is 0.0520. The molecule has 0 saturated carbocycles. The molecule has 1 rings (SSSR count). The van der Waals surface area contributed by atoms with Crippen LogP contribution in [0.4, 0.5) is 8.78 Å². The van der Waals surface area contributed by atoms with Gasteiger partial charge in [-0.3, -0.25) is 0 Å². The second kappa shape index (κ2) is 5.94. The number of carbonyl (C=O) groups excluding carboxylic acids is 1. The molecular formula is C11H11BrF2O2. The van der Waals surface area contributed by atoms with Crippen LogP contribution in [0, 0.1) is 11.6 Å². The molecule has 1 aromatic carbocycles. The van der Waals surface area contributed by atoms with Crippen LogP contribution >= 0.6 is 15.9 Å². The molecule has 0 unspecified atom stereocenters. The number of hydrogen-bond acceptors (Lipinski definition) is 2. The van der Waals surface area contributed by atoms with Crippen LogP contribution < -0.4 is 0 Å². The topological polar surface area (TPSA) is 26.3 Å². The van der Waals surface area contributed by atoms with Crippen molar-refractivity contribution in [3.8, 4) is 0 Å². The molecule has 0 N–H and O–H groups in total. The summed E-state index contributed by atoms with van der Waals surface area (Å²) in [5.74, 6) is -2.97. The van der Waals surface area contributed by atoms with E-state index >= 15 is 0 Å². The van der Waals surface area contributed by atoms with Gasteiger partial charge in [-0.15, -0.1) is 0 Å². The maximum Gasteiger partial charge on any atom is 0.341 e. The number of halogens is 3. The lowest BCUT2D eigenvalue weighted by Crippen LogP contribution is -2.10. The van der Waals surface area contributed by atoms with Gasteiger partial charge in [0.1, 0.15) is 0 Å². The summed E-state index contributed by atoms with van der Waals surface area (Å²) in [5, 5.41) is 0.530. The van der Waals surface area contributed by atoms with Crippen LogP contribution in [-0.2, 0) is 11.2 Å². The molecule has 1 aromatic rings. The number of aryl methyl sites for hydroxylation is 1. The summed E-state index contributed by atoms with van der Waals surface area (Å²) >= 11 is 3.14. The minimum atomic E-state index is -1.14. The number of benzene rings is 1. The van der Waals surface area contributed by atoms with E-state index in [1.54, 1.807) is 6.92 Å². The van der Waals surface area contributed by atoms with E-state index in [2.05, 4.69) is 20.7 Å². The predicted molar refractivity (Wildman–Crippen MR) is 59.8 cm³/mol. The van der Waals surface area contributed by atoms with Crippen molar-refractivity contribution in [2.45, 2.75) is 13.3 Å². The SMILES string of the molecule is CCOC(=O)c1ccc(CCBr)c(F)c1F. The summed E-state index contributed by atoms with van der Waals surface area (Å²) in [6.45, 7) is 1.73. The fraction of sp³-hybridized carbons (Fsp3) is 0.364. The lowest BCUT2D eigenvalue weighted by Gasteiger charge is -2.06. The minimum absolute atomic E-state index is 0.128. The summed E-state index contributed by atoms with van der Waals surface area (Å²) in [5.41, 5.74) is -0.125. The number of ether oxygens (including phenoxy) is 1. The zero-order valence-corrected chi connectivity index (χ0v) is 10.3. The molecule has 88 valence electrons. The Kier molecular flexibility index (Phi) is 4.86. The zero-order valence-electron chi connectivity index (χ0n) is 8.73. The van der Waals surface area contributed by atoms with Gasteiger partial charge >= 0.3 is 5.97 Å². The zero-order chi connectivity index (χ0) is 12.1. The van der Waals surface area contributed by atoms with Crippen LogP contribution in [0.5, 0.6) is 0 Å². The van der Waals surface area contributed by atoms with Crippen LogP contribution in [0.15, 0.2) is 12.1 Å². The van der Waals surface area contributed by atoms with E-state index < -0.39 is 17.6 Å². The van der Waals surface area contributed by atoms with Crippen LogP contribution in [-0.4, -0.2) is 17.9 Å². The molecule has 0 aromatic heterocycles. The van der Waals surface area contributed by atoms with Gasteiger partial charge in [-0.1, -0.05) is 22.0 Å². The van der Waals surface area contributed by atoms with E-state index in [1.165, 1.54) is 12.1 Å². The third-order valence-electron chi connectivity index (χ3n) is 2.02. The van der Waals surface area contributed by atoms with Crippen molar-refractivity contribution in [3.63, 3.8) is 0 Å². The van der Waals surface area contributed by atoms with Crippen LogP contribution in [0.1, 0.15) is 22.8 Å². The first-order valence-electron chi connectivity index (χ1n) is 4.81. The van der Waals surface area contributed by atoms with Crippen LogP contribution in [0.2, 0.25) is 0 Å². The van der Waals surface area contributed by atoms with Crippen molar-refractivity contribution in [1.29, 1.82) is 0 Å². The molecule has 0 heterocycles. The van der Waals surface area contributed by atoms with Crippen molar-refractivity contribution in [2.24, 2.45) is 0 Å². The van der Waals surface area contributed by atoms with Crippen LogP contribution in [0.3, 0.4) is 0 Å². The largest absolute Gasteiger partial charge is 0.462 e. The van der Waals surface area contributed by atoms with Gasteiger partial charge in [0.15, 0.2) is 11.6 Å². The smallest absolute Gasteiger partial charge is 0.341 e. The summed E-state index contributed by atoms with van der Waals surface area (Å²) in [6, 6.07) is 2.64. The molecule has 0 fully saturated rings. The first-order valence-corrected chi connectivity index (χ1v) is 5.93. The molecule has 0 atom stereocenters. The van der Waals surface area contributed by atoms with E-state index in [0.29, 0.717) is 11.8 Å². The Hall–Kier alpha value is -0.970. The molecule has 2 nitrogen and oxygen atoms in total. The summed E-state index contributed by atoms with van der Waals surface area (Å²) in [4.78, 5) is 11.2. The molecule has 0 bridgehead atoms. The van der Waals surface area contributed by atoms with Gasteiger partial charge in [0, 0.05) is 5.33 Å². The Morgan fingerprint density at radius 3 is 2.62 bits per heavy atom. The van der Waals surface area contributed by atoms with Crippen molar-refractivity contribution in [1.82, 2.24) is 0 Å². The monoisotopic (exact) mass is 292 g/mol. The summed E-state index contributed by atoms with van der Waals surface area (Å²) in [6.07, 6.45) is 0.367. The molecule has 16 heavy (non-hydrogen) atoms. The highest BCUT2D eigenvalue weighted by Crippen LogP contribution is 2.18. The maximum atomic E-state index is 13.5. The third kappa shape index (κ3) is 2.78. The minimum Gasteiger partial charge on any atom is -0.462 e. The Morgan fingerprint density at radius 1 is 1.38 bits per heavy atom. The third-order valence-corrected chi connectivity index (χ3v) is 2.42. The molecule has 0 radical (unpaired) electrons. The molecule has 0 aliphatic rings. The molecular weight excluding hydrogens is 282 g/mol. The summed E-state index contributed by atoms with van der Waals surface area (Å²) < 4.78 is 31.5. The van der Waals surface area contributed by atoms with E-state index in [4.69, 9.17) is 0 Å². The highest BCUT2D eigenvalue weighted by atomic mass is 79.9. The van der Waals surface area contributed by atoms with E-state index in [-0.39, 0.29) is 17.7 Å². The fourth-order valence-electron chi connectivity index (χ4n) is 1.25.